The zero-order chi connectivity index (χ0) is 38.0. The van der Waals surface area contributed by atoms with E-state index < -0.39 is 71.8 Å². The smallest absolute Gasteiger partial charge is 0.409 e. The Hall–Kier alpha value is -3.69. The van der Waals surface area contributed by atoms with Crippen molar-refractivity contribution >= 4 is 41.2 Å². The third kappa shape index (κ3) is 8.52. The Morgan fingerprint density at radius 2 is 1.84 bits per heavy atom. The third-order valence-corrected chi connectivity index (χ3v) is 10.2. The van der Waals surface area contributed by atoms with Crippen LogP contribution >= 0.6 is 11.6 Å². The Morgan fingerprint density at radius 3 is 2.45 bits per heavy atom. The average molecular weight is 736 g/mol. The van der Waals surface area contributed by atoms with E-state index in [1.165, 1.54) is 33.2 Å². The fourth-order valence-electron chi connectivity index (χ4n) is 6.58. The first-order valence-corrected chi connectivity index (χ1v) is 17.2. The summed E-state index contributed by atoms with van der Waals surface area (Å²) in [5.74, 6) is -2.20. The molecule has 282 valence electrons. The molecule has 0 spiro atoms. The minimum absolute atomic E-state index is 0.0728. The molecule has 3 aliphatic rings. The number of carbonyl (C=O) groups excluding carboxylic acids is 4. The molecule has 4 rings (SSSR count). The number of esters is 1. The van der Waals surface area contributed by atoms with Gasteiger partial charge in [0.15, 0.2) is 5.72 Å². The largest absolute Gasteiger partial charge is 0.495 e. The van der Waals surface area contributed by atoms with Crippen molar-refractivity contribution in [3.05, 3.63) is 46.5 Å². The number of nitrogens with one attached hydrogen (secondary N) is 2. The molecule has 3 amide bonds. The highest BCUT2D eigenvalue weighted by Crippen LogP contribution is 2.49. The maximum Gasteiger partial charge on any atom is 0.409 e. The summed E-state index contributed by atoms with van der Waals surface area (Å²) in [5, 5.41) is 17.0. The molecule has 9 atom stereocenters. The highest BCUT2D eigenvalue weighted by atomic mass is 35.5. The Balaban J connectivity index is 1.82. The van der Waals surface area contributed by atoms with Gasteiger partial charge in [-0.25, -0.2) is 9.59 Å². The number of rotatable bonds is 7. The van der Waals surface area contributed by atoms with Gasteiger partial charge in [-0.15, -0.1) is 0 Å². The normalized spacial score (nSPS) is 31.9. The summed E-state index contributed by atoms with van der Waals surface area (Å²) >= 11 is 6.77. The molecule has 2 saturated heterocycles. The number of nitrogens with zero attached hydrogens (tertiary/aromatic N) is 1. The number of ether oxygens (including phenoxy) is 6. The summed E-state index contributed by atoms with van der Waals surface area (Å²) in [6, 6.07) is 2.40. The molecule has 4 bridgehead atoms. The number of aliphatic hydroxyl groups is 1. The molecule has 1 aromatic carbocycles. The number of amides is 3. The van der Waals surface area contributed by atoms with E-state index in [0.29, 0.717) is 17.0 Å². The monoisotopic (exact) mass is 735 g/mol. The van der Waals surface area contributed by atoms with Crippen LogP contribution in [0, 0.1) is 11.8 Å². The van der Waals surface area contributed by atoms with Crippen LogP contribution in [0.15, 0.2) is 35.9 Å². The second kappa shape index (κ2) is 15.9. The molecule has 3 heterocycles. The van der Waals surface area contributed by atoms with Crippen LogP contribution in [0.25, 0.3) is 0 Å². The van der Waals surface area contributed by atoms with Crippen LogP contribution in [-0.2, 0) is 38.1 Å². The summed E-state index contributed by atoms with van der Waals surface area (Å²) < 4.78 is 34.9. The molecule has 0 saturated carbocycles. The molecule has 3 aliphatic heterocycles. The van der Waals surface area contributed by atoms with Crippen molar-refractivity contribution in [2.75, 3.05) is 33.3 Å². The zero-order valence-electron chi connectivity index (χ0n) is 30.8. The quantitative estimate of drug-likeness (QED) is 0.273. The van der Waals surface area contributed by atoms with Crippen molar-refractivity contribution in [3.63, 3.8) is 0 Å². The fraction of sp³-hybridized carbons (Fsp3) is 0.611. The summed E-state index contributed by atoms with van der Waals surface area (Å²) in [5.41, 5.74) is -1.39. The number of fused-ring (bicyclic) bond motifs is 5. The van der Waals surface area contributed by atoms with Gasteiger partial charge in [0.1, 0.15) is 46.8 Å². The van der Waals surface area contributed by atoms with Crippen LogP contribution in [0.4, 0.5) is 10.5 Å². The molecule has 1 aromatic rings. The Bertz CT molecular complexity index is 1570. The van der Waals surface area contributed by atoms with Crippen molar-refractivity contribution in [2.45, 2.75) is 102 Å². The van der Waals surface area contributed by atoms with E-state index in [0.717, 1.165) is 5.57 Å². The number of hydrogen-bond donors (Lipinski definition) is 3. The number of methoxy groups -OCH3 is 3. The number of alkyl carbamates (subject to hydrolysis) is 1. The predicted molar refractivity (Wildman–Crippen MR) is 187 cm³/mol. The number of benzene rings is 1. The SMILES string of the molecule is COc1cc2cc(c1Cl)N(C)C(=O)CC(OC(=O)C(C)NC(=O)C(C)C)C1(C)OC1C(C)C1CC(O)(NC(=O)O1)C(OC)C=CC=C(C)C2OC. The minimum atomic E-state index is -1.86. The molecule has 0 aliphatic carbocycles. The molecular weight excluding hydrogens is 686 g/mol. The molecule has 15 heteroatoms. The standard InChI is InChI=1S/C36H50ClN3O11/c1-18(2)32(42)38-21(5)33(43)50-27-16-28(41)40(7)23-14-22(15-24(46-8)29(23)37)30(48-10)19(3)12-11-13-26(47-9)36(45)17-25(49-34(44)39-36)20(4)31-35(27,6)51-31/h11-15,18,20-21,25-27,30-31,45H,16-17H2,1-10H3,(H,38,42)(H,39,44). The molecule has 0 radical (unpaired) electrons. The van der Waals surface area contributed by atoms with Crippen molar-refractivity contribution in [1.82, 2.24) is 10.6 Å². The van der Waals surface area contributed by atoms with Crippen molar-refractivity contribution in [1.29, 1.82) is 0 Å². The number of epoxide rings is 1. The Labute approximate surface area is 303 Å². The van der Waals surface area contributed by atoms with Gasteiger partial charge < -0.3 is 43.7 Å². The second-order valence-electron chi connectivity index (χ2n) is 13.9. The lowest BCUT2D eigenvalue weighted by Gasteiger charge is -2.42. The average Bonchev–Trinajstić information content (AvgIpc) is 3.77. The number of allylic oxidation sites excluding steroid dienone is 2. The lowest BCUT2D eigenvalue weighted by molar-refractivity contribution is -0.157. The molecule has 2 fully saturated rings. The first-order chi connectivity index (χ1) is 23.9. The van der Waals surface area contributed by atoms with Gasteiger partial charge >= 0.3 is 12.1 Å². The molecule has 3 N–H and O–H groups in total. The Kier molecular flexibility index (Phi) is 12.5. The highest BCUT2D eigenvalue weighted by molar-refractivity contribution is 6.35. The number of anilines is 1. The zero-order valence-corrected chi connectivity index (χ0v) is 31.5. The van der Waals surface area contributed by atoms with Crippen molar-refractivity contribution in [3.8, 4) is 5.75 Å². The van der Waals surface area contributed by atoms with Crippen molar-refractivity contribution < 1.29 is 52.7 Å². The predicted octanol–water partition coefficient (Wildman–Crippen LogP) is 3.97. The lowest BCUT2D eigenvalue weighted by atomic mass is 9.83. The van der Waals surface area contributed by atoms with Crippen LogP contribution in [0.1, 0.15) is 66.1 Å². The molecule has 9 unspecified atom stereocenters. The summed E-state index contributed by atoms with van der Waals surface area (Å²) in [7, 11) is 5.95. The number of carbonyl (C=O) groups is 4. The molecular formula is C36H50ClN3O11. The molecule has 0 aromatic heterocycles. The van der Waals surface area contributed by atoms with E-state index in [-0.39, 0.29) is 29.7 Å². The molecule has 51 heavy (non-hydrogen) atoms. The Morgan fingerprint density at radius 1 is 1.16 bits per heavy atom. The summed E-state index contributed by atoms with van der Waals surface area (Å²) in [6.45, 7) is 10.2. The van der Waals surface area contributed by atoms with Crippen molar-refractivity contribution in [2.24, 2.45) is 11.8 Å². The van der Waals surface area contributed by atoms with E-state index in [9.17, 15) is 24.3 Å². The van der Waals surface area contributed by atoms with Gasteiger partial charge in [0.2, 0.25) is 11.8 Å². The van der Waals surface area contributed by atoms with Gasteiger partial charge in [0.25, 0.3) is 0 Å². The van der Waals surface area contributed by atoms with Gasteiger partial charge in [-0.05, 0) is 44.0 Å². The third-order valence-electron chi connectivity index (χ3n) is 9.86. The lowest BCUT2D eigenvalue weighted by Crippen LogP contribution is -2.63. The minimum Gasteiger partial charge on any atom is -0.495 e. The first kappa shape index (κ1) is 40.1. The second-order valence-corrected chi connectivity index (χ2v) is 14.2. The topological polar surface area (TPSA) is 174 Å². The van der Waals surface area contributed by atoms with Crippen LogP contribution in [0.3, 0.4) is 0 Å². The van der Waals surface area contributed by atoms with Crippen LogP contribution < -0.4 is 20.3 Å². The number of halogens is 1. The van der Waals surface area contributed by atoms with Crippen LogP contribution in [-0.4, -0.2) is 99.1 Å². The van der Waals surface area contributed by atoms with Gasteiger partial charge in [-0.3, -0.25) is 14.9 Å². The maximum atomic E-state index is 14.1. The van der Waals surface area contributed by atoms with Gasteiger partial charge in [0.05, 0.1) is 25.3 Å². The first-order valence-electron chi connectivity index (χ1n) is 16.8. The summed E-state index contributed by atoms with van der Waals surface area (Å²) in [4.78, 5) is 54.1. The molecule has 14 nitrogen and oxygen atoms in total. The van der Waals surface area contributed by atoms with E-state index in [4.69, 9.17) is 40.0 Å². The fourth-order valence-corrected chi connectivity index (χ4v) is 6.89. The maximum absolute atomic E-state index is 14.1. The van der Waals surface area contributed by atoms with E-state index in [2.05, 4.69) is 10.6 Å². The highest BCUT2D eigenvalue weighted by Gasteiger charge is 2.64. The van der Waals surface area contributed by atoms with Crippen LogP contribution in [0.2, 0.25) is 5.02 Å². The number of hydrogen-bond acceptors (Lipinski definition) is 11. The van der Waals surface area contributed by atoms with Gasteiger partial charge in [-0.1, -0.05) is 50.6 Å². The van der Waals surface area contributed by atoms with Crippen LogP contribution in [0.5, 0.6) is 5.75 Å². The van der Waals surface area contributed by atoms with E-state index in [1.54, 1.807) is 65.1 Å². The van der Waals surface area contributed by atoms with E-state index in [1.807, 2.05) is 6.92 Å². The summed E-state index contributed by atoms with van der Waals surface area (Å²) in [6.07, 6.45) is -0.457. The van der Waals surface area contributed by atoms with Gasteiger partial charge in [0, 0.05) is 39.5 Å². The van der Waals surface area contributed by atoms with Gasteiger partial charge in [-0.2, -0.15) is 0 Å². The van der Waals surface area contributed by atoms with E-state index >= 15 is 0 Å².